The number of fused-ring (bicyclic) bond motifs is 2. The van der Waals surface area contributed by atoms with E-state index in [1.165, 1.54) is 6.07 Å². The number of alkyl halides is 2. The molecule has 0 bridgehead atoms. The van der Waals surface area contributed by atoms with Gasteiger partial charge in [-0.05, 0) is 61.9 Å². The first kappa shape index (κ1) is 26.1. The molecule has 0 aliphatic heterocycles. The fourth-order valence-electron chi connectivity index (χ4n) is 5.58. The number of carbonyl (C=O) groups excluding carboxylic acids is 1. The summed E-state index contributed by atoms with van der Waals surface area (Å²) in [6, 6.07) is 8.64. The molecule has 6 rings (SSSR count). The fourth-order valence-corrected chi connectivity index (χ4v) is 5.73. The summed E-state index contributed by atoms with van der Waals surface area (Å²) in [4.78, 5) is 39.2. The third-order valence-electron chi connectivity index (χ3n) is 7.60. The van der Waals surface area contributed by atoms with Crippen molar-refractivity contribution < 1.29 is 13.6 Å². The third kappa shape index (κ3) is 4.74. The number of nitrogens with one attached hydrogen (secondary N) is 1. The Morgan fingerprint density at radius 2 is 1.90 bits per heavy atom. The molecule has 1 N–H and O–H groups in total. The van der Waals surface area contributed by atoms with Crippen molar-refractivity contribution in [3.63, 3.8) is 0 Å². The smallest absolute Gasteiger partial charge is 0.335 e. The van der Waals surface area contributed by atoms with Gasteiger partial charge in [-0.15, -0.1) is 0 Å². The molecule has 12 heteroatoms. The fraction of sp³-hybridized carbons (Fsp3) is 0.321. The SMILES string of the molecule is Cn1ccc2cc(-n3c(=O)n(CC4CCC(NC(=O)c5cc(Cl)cnc5C(F)F)CC4)c4cccnc43)cnc21. The lowest BCUT2D eigenvalue weighted by molar-refractivity contribution is 0.0904. The second kappa shape index (κ2) is 10.5. The summed E-state index contributed by atoms with van der Waals surface area (Å²) in [5.41, 5.74) is 1.81. The maximum absolute atomic E-state index is 13.7. The van der Waals surface area contributed by atoms with Crippen molar-refractivity contribution in [3.05, 3.63) is 81.9 Å². The first-order valence-corrected chi connectivity index (χ1v) is 13.4. The van der Waals surface area contributed by atoms with Crippen LogP contribution in [0.3, 0.4) is 0 Å². The predicted molar refractivity (Wildman–Crippen MR) is 147 cm³/mol. The van der Waals surface area contributed by atoms with Gasteiger partial charge in [0.05, 0.1) is 28.0 Å². The number of aromatic nitrogens is 6. The number of imidazole rings is 1. The normalized spacial score (nSPS) is 17.6. The van der Waals surface area contributed by atoms with E-state index in [0.29, 0.717) is 30.7 Å². The summed E-state index contributed by atoms with van der Waals surface area (Å²) >= 11 is 5.90. The van der Waals surface area contributed by atoms with Crippen LogP contribution in [0.4, 0.5) is 8.78 Å². The molecule has 0 unspecified atom stereocenters. The van der Waals surface area contributed by atoms with E-state index in [1.807, 2.05) is 42.1 Å². The van der Waals surface area contributed by atoms with Crippen molar-refractivity contribution >= 4 is 39.7 Å². The standard InChI is InChI=1S/C28H26ClF2N7O2/c1-36-10-8-17-11-20(14-34-25(17)36)38-26-22(3-2-9-32-26)37(28(38)40)15-16-4-6-19(7-5-16)35-27(39)21-12-18(29)13-33-23(21)24(30)31/h2-3,8-14,16,19,24H,4-7,15H2,1H3,(H,35,39). The van der Waals surface area contributed by atoms with Crippen LogP contribution < -0.4 is 11.0 Å². The zero-order chi connectivity index (χ0) is 28.0. The largest absolute Gasteiger partial charge is 0.349 e. The van der Waals surface area contributed by atoms with Gasteiger partial charge in [-0.25, -0.2) is 28.1 Å². The highest BCUT2D eigenvalue weighted by molar-refractivity contribution is 6.30. The summed E-state index contributed by atoms with van der Waals surface area (Å²) in [6.07, 6.45) is 6.35. The average molecular weight is 566 g/mol. The average Bonchev–Trinajstić information content (AvgIpc) is 3.45. The molecule has 5 aromatic heterocycles. The summed E-state index contributed by atoms with van der Waals surface area (Å²) in [5, 5.41) is 3.91. The van der Waals surface area contributed by atoms with Crippen molar-refractivity contribution in [2.45, 2.75) is 44.7 Å². The molecule has 0 atom stereocenters. The Balaban J connectivity index is 1.19. The van der Waals surface area contributed by atoms with E-state index in [-0.39, 0.29) is 28.2 Å². The summed E-state index contributed by atoms with van der Waals surface area (Å²) in [7, 11) is 1.92. The van der Waals surface area contributed by atoms with Crippen molar-refractivity contribution in [1.82, 2.24) is 34.0 Å². The van der Waals surface area contributed by atoms with Gasteiger partial charge in [0.25, 0.3) is 12.3 Å². The maximum Gasteiger partial charge on any atom is 0.335 e. The van der Waals surface area contributed by atoms with E-state index < -0.39 is 18.0 Å². The Kier molecular flexibility index (Phi) is 6.83. The Hall–Kier alpha value is -4.12. The highest BCUT2D eigenvalue weighted by atomic mass is 35.5. The molecular weight excluding hydrogens is 540 g/mol. The van der Waals surface area contributed by atoms with Gasteiger partial charge in [-0.2, -0.15) is 0 Å². The number of nitrogens with zero attached hydrogens (tertiary/aromatic N) is 6. The molecule has 0 saturated heterocycles. The number of hydrogen-bond donors (Lipinski definition) is 1. The van der Waals surface area contributed by atoms with Crippen LogP contribution in [0.1, 0.15) is 48.2 Å². The van der Waals surface area contributed by atoms with Gasteiger partial charge in [0.2, 0.25) is 0 Å². The molecule has 1 aliphatic carbocycles. The molecule has 0 spiro atoms. The van der Waals surface area contributed by atoms with Crippen LogP contribution in [0, 0.1) is 5.92 Å². The van der Waals surface area contributed by atoms with Gasteiger partial charge < -0.3 is 9.88 Å². The van der Waals surface area contributed by atoms with E-state index in [0.717, 1.165) is 35.6 Å². The predicted octanol–water partition coefficient (Wildman–Crippen LogP) is 5.05. The zero-order valence-corrected chi connectivity index (χ0v) is 22.4. The van der Waals surface area contributed by atoms with Crippen molar-refractivity contribution in [3.8, 4) is 5.69 Å². The molecular formula is C28H26ClF2N7O2. The number of rotatable bonds is 6. The van der Waals surface area contributed by atoms with Gasteiger partial charge >= 0.3 is 5.69 Å². The molecule has 1 saturated carbocycles. The monoisotopic (exact) mass is 565 g/mol. The molecule has 9 nitrogen and oxygen atoms in total. The second-order valence-electron chi connectivity index (χ2n) is 10.2. The second-order valence-corrected chi connectivity index (χ2v) is 10.6. The van der Waals surface area contributed by atoms with E-state index in [1.54, 1.807) is 21.5 Å². The quantitative estimate of drug-likeness (QED) is 0.311. The number of pyridine rings is 3. The maximum atomic E-state index is 13.7. The number of amides is 1. The molecule has 1 fully saturated rings. The third-order valence-corrected chi connectivity index (χ3v) is 7.81. The first-order chi connectivity index (χ1) is 19.3. The number of carbonyl (C=O) groups is 1. The van der Waals surface area contributed by atoms with E-state index >= 15 is 0 Å². The molecule has 1 amide bonds. The summed E-state index contributed by atoms with van der Waals surface area (Å²) < 4.78 is 32.0. The van der Waals surface area contributed by atoms with Gasteiger partial charge in [0.15, 0.2) is 5.65 Å². The highest BCUT2D eigenvalue weighted by Crippen LogP contribution is 2.29. The van der Waals surface area contributed by atoms with Crippen LogP contribution >= 0.6 is 11.6 Å². The highest BCUT2D eigenvalue weighted by Gasteiger charge is 2.27. The van der Waals surface area contributed by atoms with Gasteiger partial charge in [-0.1, -0.05) is 11.6 Å². The summed E-state index contributed by atoms with van der Waals surface area (Å²) in [6.45, 7) is 0.503. The zero-order valence-electron chi connectivity index (χ0n) is 21.6. The Morgan fingerprint density at radius 3 is 2.67 bits per heavy atom. The minimum Gasteiger partial charge on any atom is -0.349 e. The van der Waals surface area contributed by atoms with E-state index in [9.17, 15) is 18.4 Å². The van der Waals surface area contributed by atoms with Gasteiger partial charge in [0, 0.05) is 43.6 Å². The summed E-state index contributed by atoms with van der Waals surface area (Å²) in [5.74, 6) is -0.410. The Bertz CT molecular complexity index is 1790. The lowest BCUT2D eigenvalue weighted by Gasteiger charge is -2.29. The molecule has 5 heterocycles. The van der Waals surface area contributed by atoms with Gasteiger partial charge in [0.1, 0.15) is 11.3 Å². The molecule has 1 aliphatic rings. The molecule has 0 radical (unpaired) electrons. The van der Waals surface area contributed by atoms with E-state index in [4.69, 9.17) is 11.6 Å². The van der Waals surface area contributed by atoms with Gasteiger partial charge in [-0.3, -0.25) is 14.3 Å². The number of hydrogen-bond acceptors (Lipinski definition) is 5. The topological polar surface area (TPSA) is 99.6 Å². The van der Waals surface area contributed by atoms with Crippen LogP contribution in [0.5, 0.6) is 0 Å². The van der Waals surface area contributed by atoms with Crippen molar-refractivity contribution in [1.29, 1.82) is 0 Å². The molecule has 5 aromatic rings. The number of aryl methyl sites for hydroxylation is 1. The lowest BCUT2D eigenvalue weighted by Crippen LogP contribution is -2.39. The minimum atomic E-state index is -2.88. The van der Waals surface area contributed by atoms with Crippen molar-refractivity contribution in [2.75, 3.05) is 0 Å². The molecule has 40 heavy (non-hydrogen) atoms. The Labute approximate surface area is 232 Å². The number of halogens is 3. The van der Waals surface area contributed by atoms with Crippen LogP contribution in [0.2, 0.25) is 5.02 Å². The molecule has 0 aromatic carbocycles. The Morgan fingerprint density at radius 1 is 1.10 bits per heavy atom. The van der Waals surface area contributed by atoms with Crippen molar-refractivity contribution in [2.24, 2.45) is 13.0 Å². The van der Waals surface area contributed by atoms with Crippen LogP contribution in [0.25, 0.3) is 27.9 Å². The first-order valence-electron chi connectivity index (χ1n) is 13.0. The lowest BCUT2D eigenvalue weighted by atomic mass is 9.85. The minimum absolute atomic E-state index is 0.122. The van der Waals surface area contributed by atoms with Crippen LogP contribution in [-0.2, 0) is 13.6 Å². The van der Waals surface area contributed by atoms with E-state index in [2.05, 4.69) is 20.3 Å². The van der Waals surface area contributed by atoms with Crippen LogP contribution in [-0.4, -0.2) is 40.6 Å². The van der Waals surface area contributed by atoms with Crippen LogP contribution in [0.15, 0.2) is 59.9 Å². The molecule has 206 valence electrons.